The van der Waals surface area contributed by atoms with Crippen molar-refractivity contribution in [2.24, 2.45) is 0 Å². The van der Waals surface area contributed by atoms with Crippen molar-refractivity contribution in [1.82, 2.24) is 0 Å². The van der Waals surface area contributed by atoms with Crippen molar-refractivity contribution in [2.75, 3.05) is 6.61 Å². The van der Waals surface area contributed by atoms with Crippen LogP contribution in [0.15, 0.2) is 0 Å². The molecule has 0 aliphatic heterocycles. The summed E-state index contributed by atoms with van der Waals surface area (Å²) in [6, 6.07) is 0. The van der Waals surface area contributed by atoms with E-state index in [1.807, 2.05) is 19.6 Å². The van der Waals surface area contributed by atoms with Crippen molar-refractivity contribution in [3.63, 3.8) is 0 Å². The lowest BCUT2D eigenvalue weighted by Crippen LogP contribution is -2.27. The van der Waals surface area contributed by atoms with E-state index in [0.717, 1.165) is 0 Å². The van der Waals surface area contributed by atoms with Crippen LogP contribution in [-0.2, 0) is 4.43 Å². The monoisotopic (exact) mass is 186 g/mol. The molecular formula is C6H13F3OSi. The van der Waals surface area contributed by atoms with E-state index in [0.29, 0.717) is 0 Å². The van der Waals surface area contributed by atoms with Gasteiger partial charge in [0.2, 0.25) is 0 Å². The summed E-state index contributed by atoms with van der Waals surface area (Å²) < 4.78 is 39.7. The van der Waals surface area contributed by atoms with E-state index in [1.165, 1.54) is 0 Å². The van der Waals surface area contributed by atoms with Gasteiger partial charge in [0.15, 0.2) is 8.32 Å². The summed E-state index contributed by atoms with van der Waals surface area (Å²) in [7, 11) is -1.76. The molecule has 0 heterocycles. The van der Waals surface area contributed by atoms with Crippen LogP contribution in [0.4, 0.5) is 13.2 Å². The molecule has 1 nitrogen and oxygen atoms in total. The standard InChI is InChI=1S/C6H13F3OSi/c1-11(2,3)10-5-4-6(7,8)9/h4-5H2,1-3H3. The average Bonchev–Trinajstić information content (AvgIpc) is 1.55. The third-order valence-electron chi connectivity index (χ3n) is 0.921. The summed E-state index contributed by atoms with van der Waals surface area (Å²) in [5.41, 5.74) is 0. The van der Waals surface area contributed by atoms with Crippen LogP contribution in [0.25, 0.3) is 0 Å². The molecule has 0 unspecified atom stereocenters. The molecule has 0 aromatic heterocycles. The summed E-state index contributed by atoms with van der Waals surface area (Å²) in [6.45, 7) is 5.40. The highest BCUT2D eigenvalue weighted by molar-refractivity contribution is 6.69. The average molecular weight is 186 g/mol. The van der Waals surface area contributed by atoms with Gasteiger partial charge in [-0.25, -0.2) is 0 Å². The van der Waals surface area contributed by atoms with Crippen LogP contribution in [0.5, 0.6) is 0 Å². The Morgan fingerprint density at radius 3 is 1.91 bits per heavy atom. The Morgan fingerprint density at radius 1 is 1.18 bits per heavy atom. The molecule has 0 spiro atoms. The molecule has 0 amide bonds. The van der Waals surface area contributed by atoms with E-state index in [9.17, 15) is 13.2 Å². The van der Waals surface area contributed by atoms with Crippen LogP contribution in [0.1, 0.15) is 6.42 Å². The first-order chi connectivity index (χ1) is 4.71. The minimum absolute atomic E-state index is 0.195. The molecule has 0 aromatic carbocycles. The lowest BCUT2D eigenvalue weighted by molar-refractivity contribution is -0.139. The Bertz CT molecular complexity index is 102. The molecule has 0 fully saturated rings. The highest BCUT2D eigenvalue weighted by atomic mass is 28.4. The first-order valence-corrected chi connectivity index (χ1v) is 6.82. The summed E-state index contributed by atoms with van der Waals surface area (Å²) in [4.78, 5) is 0. The minimum atomic E-state index is -4.08. The SMILES string of the molecule is C[Si](C)(C)OCCC(F)(F)F. The van der Waals surface area contributed by atoms with E-state index < -0.39 is 20.9 Å². The molecule has 68 valence electrons. The van der Waals surface area contributed by atoms with E-state index in [2.05, 4.69) is 0 Å². The maximum absolute atomic E-state index is 11.6. The van der Waals surface area contributed by atoms with Gasteiger partial charge in [-0.1, -0.05) is 0 Å². The van der Waals surface area contributed by atoms with E-state index in [-0.39, 0.29) is 6.61 Å². The fraction of sp³-hybridized carbons (Fsp3) is 1.00. The van der Waals surface area contributed by atoms with Crippen molar-refractivity contribution < 1.29 is 17.6 Å². The van der Waals surface area contributed by atoms with Gasteiger partial charge in [-0.05, 0) is 19.6 Å². The second kappa shape index (κ2) is 3.58. The molecule has 0 atom stereocenters. The van der Waals surface area contributed by atoms with E-state index >= 15 is 0 Å². The Hall–Kier alpha value is -0.0331. The van der Waals surface area contributed by atoms with Gasteiger partial charge in [0.1, 0.15) is 0 Å². The van der Waals surface area contributed by atoms with Gasteiger partial charge in [0, 0.05) is 6.61 Å². The second-order valence-electron chi connectivity index (χ2n) is 3.33. The van der Waals surface area contributed by atoms with Gasteiger partial charge in [-0.2, -0.15) is 13.2 Å². The third-order valence-corrected chi connectivity index (χ3v) is 1.99. The van der Waals surface area contributed by atoms with Crippen LogP contribution < -0.4 is 0 Å². The summed E-state index contributed by atoms with van der Waals surface area (Å²) in [6.07, 6.45) is -4.92. The number of alkyl halides is 3. The molecular weight excluding hydrogens is 173 g/mol. The summed E-state index contributed by atoms with van der Waals surface area (Å²) in [5, 5.41) is 0. The van der Waals surface area contributed by atoms with Gasteiger partial charge >= 0.3 is 6.18 Å². The zero-order valence-corrected chi connectivity index (χ0v) is 7.96. The fourth-order valence-corrected chi connectivity index (χ4v) is 1.19. The molecule has 0 rings (SSSR count). The molecule has 0 saturated carbocycles. The number of hydrogen-bond donors (Lipinski definition) is 0. The first kappa shape index (κ1) is 11.0. The third kappa shape index (κ3) is 9.97. The summed E-state index contributed by atoms with van der Waals surface area (Å²) >= 11 is 0. The van der Waals surface area contributed by atoms with Gasteiger partial charge in [-0.3, -0.25) is 0 Å². The molecule has 0 radical (unpaired) electrons. The van der Waals surface area contributed by atoms with Crippen LogP contribution in [0.3, 0.4) is 0 Å². The fourth-order valence-electron chi connectivity index (χ4n) is 0.473. The molecule has 0 saturated heterocycles. The maximum atomic E-state index is 11.6. The largest absolute Gasteiger partial charge is 0.417 e. The van der Waals surface area contributed by atoms with Crippen molar-refractivity contribution in [3.05, 3.63) is 0 Å². The van der Waals surface area contributed by atoms with Gasteiger partial charge in [-0.15, -0.1) is 0 Å². The molecule has 11 heavy (non-hydrogen) atoms. The Balaban J connectivity index is 3.44. The van der Waals surface area contributed by atoms with Crippen molar-refractivity contribution in [1.29, 1.82) is 0 Å². The zero-order chi connectivity index (χ0) is 9.12. The number of halogens is 3. The Labute approximate surface area is 65.7 Å². The van der Waals surface area contributed by atoms with Crippen molar-refractivity contribution in [2.45, 2.75) is 32.2 Å². The lowest BCUT2D eigenvalue weighted by atomic mass is 10.5. The molecule has 0 N–H and O–H groups in total. The highest BCUT2D eigenvalue weighted by Crippen LogP contribution is 2.19. The van der Waals surface area contributed by atoms with Crippen LogP contribution in [0.2, 0.25) is 19.6 Å². The normalized spacial score (nSPS) is 13.6. The first-order valence-electron chi connectivity index (χ1n) is 3.41. The van der Waals surface area contributed by atoms with Crippen LogP contribution in [0, 0.1) is 0 Å². The molecule has 0 aliphatic carbocycles. The predicted molar refractivity (Wildman–Crippen MR) is 40.0 cm³/mol. The zero-order valence-electron chi connectivity index (χ0n) is 6.96. The quantitative estimate of drug-likeness (QED) is 0.616. The molecule has 0 aliphatic rings. The van der Waals surface area contributed by atoms with Gasteiger partial charge in [0.25, 0.3) is 0 Å². The van der Waals surface area contributed by atoms with E-state index in [1.54, 1.807) is 0 Å². The smallest absolute Gasteiger partial charge is 0.391 e. The van der Waals surface area contributed by atoms with Crippen molar-refractivity contribution >= 4 is 8.32 Å². The Morgan fingerprint density at radius 2 is 1.64 bits per heavy atom. The number of hydrogen-bond acceptors (Lipinski definition) is 1. The molecule has 0 bridgehead atoms. The maximum Gasteiger partial charge on any atom is 0.391 e. The second-order valence-corrected chi connectivity index (χ2v) is 7.84. The van der Waals surface area contributed by atoms with Crippen LogP contribution in [-0.4, -0.2) is 21.1 Å². The van der Waals surface area contributed by atoms with Crippen molar-refractivity contribution in [3.8, 4) is 0 Å². The topological polar surface area (TPSA) is 9.23 Å². The van der Waals surface area contributed by atoms with Gasteiger partial charge < -0.3 is 4.43 Å². The van der Waals surface area contributed by atoms with Gasteiger partial charge in [0.05, 0.1) is 6.42 Å². The van der Waals surface area contributed by atoms with E-state index in [4.69, 9.17) is 4.43 Å². The predicted octanol–water partition coefficient (Wildman–Crippen LogP) is 2.79. The molecule has 5 heteroatoms. The lowest BCUT2D eigenvalue weighted by Gasteiger charge is -2.17. The Kier molecular flexibility index (Phi) is 3.57. The van der Waals surface area contributed by atoms with Crippen LogP contribution >= 0.6 is 0 Å². The minimum Gasteiger partial charge on any atom is -0.417 e. The molecule has 0 aromatic rings. The number of rotatable bonds is 3. The summed E-state index contributed by atoms with van der Waals surface area (Å²) in [5.74, 6) is 0. The highest BCUT2D eigenvalue weighted by Gasteiger charge is 2.27.